The van der Waals surface area contributed by atoms with Gasteiger partial charge in [0.15, 0.2) is 0 Å². The van der Waals surface area contributed by atoms with Gasteiger partial charge < -0.3 is 5.73 Å². The van der Waals surface area contributed by atoms with Crippen molar-refractivity contribution in [3.05, 3.63) is 29.6 Å². The van der Waals surface area contributed by atoms with Crippen molar-refractivity contribution in [2.24, 2.45) is 5.73 Å². The minimum absolute atomic E-state index is 0.246. The topological polar surface area (TPSA) is 38.9 Å². The van der Waals surface area contributed by atoms with Crippen LogP contribution in [0.1, 0.15) is 30.6 Å². The monoisotopic (exact) mass is 204 g/mol. The molecule has 78 valence electrons. The van der Waals surface area contributed by atoms with Crippen molar-refractivity contribution < 1.29 is 13.2 Å². The van der Waals surface area contributed by atoms with Crippen molar-refractivity contribution in [2.45, 2.75) is 25.6 Å². The van der Waals surface area contributed by atoms with E-state index in [1.807, 2.05) is 6.92 Å². The van der Waals surface area contributed by atoms with Gasteiger partial charge in [-0.05, 0) is 18.1 Å². The fourth-order valence-electron chi connectivity index (χ4n) is 1.03. The maximum atomic E-state index is 12.1. The Hall–Kier alpha value is -1.10. The normalized spacial score (nSPS) is 14.1. The lowest BCUT2D eigenvalue weighted by Crippen LogP contribution is -2.12. The SMILES string of the molecule is CCC(N)c1ccc(C(F)(F)F)nc1. The van der Waals surface area contributed by atoms with Gasteiger partial charge in [0.25, 0.3) is 0 Å². The molecule has 0 radical (unpaired) electrons. The zero-order valence-corrected chi connectivity index (χ0v) is 7.67. The molecule has 1 rings (SSSR count). The number of alkyl halides is 3. The van der Waals surface area contributed by atoms with Crippen LogP contribution in [0.5, 0.6) is 0 Å². The highest BCUT2D eigenvalue weighted by molar-refractivity contribution is 5.18. The highest BCUT2D eigenvalue weighted by Crippen LogP contribution is 2.27. The molecular formula is C9H11F3N2. The molecule has 0 aliphatic heterocycles. The first-order valence-electron chi connectivity index (χ1n) is 4.24. The van der Waals surface area contributed by atoms with Gasteiger partial charge in [-0.2, -0.15) is 13.2 Å². The standard InChI is InChI=1S/C9H11F3N2/c1-2-7(13)6-3-4-8(14-5-6)9(10,11)12/h3-5,7H,2,13H2,1H3. The second-order valence-corrected chi connectivity index (χ2v) is 2.99. The zero-order chi connectivity index (χ0) is 10.8. The van der Waals surface area contributed by atoms with Crippen LogP contribution in [-0.4, -0.2) is 4.98 Å². The molecule has 2 N–H and O–H groups in total. The Morgan fingerprint density at radius 1 is 1.43 bits per heavy atom. The largest absolute Gasteiger partial charge is 0.433 e. The molecule has 0 saturated carbocycles. The van der Waals surface area contributed by atoms with E-state index < -0.39 is 11.9 Å². The highest BCUT2D eigenvalue weighted by atomic mass is 19.4. The summed E-state index contributed by atoms with van der Waals surface area (Å²) in [7, 11) is 0. The molecule has 0 aliphatic carbocycles. The molecule has 0 bridgehead atoms. The Morgan fingerprint density at radius 2 is 2.07 bits per heavy atom. The van der Waals surface area contributed by atoms with Crippen molar-refractivity contribution in [3.63, 3.8) is 0 Å². The number of halogens is 3. The quantitative estimate of drug-likeness (QED) is 0.803. The minimum atomic E-state index is -4.38. The Balaban J connectivity index is 2.89. The van der Waals surface area contributed by atoms with Crippen molar-refractivity contribution in [2.75, 3.05) is 0 Å². The van der Waals surface area contributed by atoms with Crippen LogP contribution >= 0.6 is 0 Å². The lowest BCUT2D eigenvalue weighted by molar-refractivity contribution is -0.141. The molecule has 1 heterocycles. The van der Waals surface area contributed by atoms with E-state index in [0.29, 0.717) is 12.0 Å². The molecule has 0 aliphatic rings. The number of aromatic nitrogens is 1. The second kappa shape index (κ2) is 3.96. The number of nitrogens with zero attached hydrogens (tertiary/aromatic N) is 1. The predicted molar refractivity (Wildman–Crippen MR) is 46.5 cm³/mol. The van der Waals surface area contributed by atoms with Gasteiger partial charge in [0, 0.05) is 12.2 Å². The fraction of sp³-hybridized carbons (Fsp3) is 0.444. The number of pyridine rings is 1. The van der Waals surface area contributed by atoms with Crippen LogP contribution in [0.15, 0.2) is 18.3 Å². The third-order valence-electron chi connectivity index (χ3n) is 1.94. The Kier molecular flexibility index (Phi) is 3.10. The summed E-state index contributed by atoms with van der Waals surface area (Å²) < 4.78 is 36.3. The maximum Gasteiger partial charge on any atom is 0.433 e. The molecule has 5 heteroatoms. The summed E-state index contributed by atoms with van der Waals surface area (Å²) in [5.74, 6) is 0. The molecule has 2 nitrogen and oxygen atoms in total. The van der Waals surface area contributed by atoms with Crippen LogP contribution < -0.4 is 5.73 Å². The summed E-state index contributed by atoms with van der Waals surface area (Å²) in [4.78, 5) is 3.31. The van der Waals surface area contributed by atoms with Crippen LogP contribution in [0.3, 0.4) is 0 Å². The van der Waals surface area contributed by atoms with E-state index in [4.69, 9.17) is 5.73 Å². The van der Waals surface area contributed by atoms with E-state index in [9.17, 15) is 13.2 Å². The number of hydrogen-bond acceptors (Lipinski definition) is 2. The van der Waals surface area contributed by atoms with E-state index in [0.717, 1.165) is 6.07 Å². The summed E-state index contributed by atoms with van der Waals surface area (Å²) in [5.41, 5.74) is 5.37. The van der Waals surface area contributed by atoms with Gasteiger partial charge in [-0.1, -0.05) is 13.0 Å². The summed E-state index contributed by atoms with van der Waals surface area (Å²) in [6.07, 6.45) is -2.53. The third kappa shape index (κ3) is 2.45. The Morgan fingerprint density at radius 3 is 2.43 bits per heavy atom. The van der Waals surface area contributed by atoms with Gasteiger partial charge in [-0.25, -0.2) is 0 Å². The van der Waals surface area contributed by atoms with Gasteiger partial charge in [0.1, 0.15) is 5.69 Å². The van der Waals surface area contributed by atoms with E-state index in [2.05, 4.69) is 4.98 Å². The summed E-state index contributed by atoms with van der Waals surface area (Å²) in [5, 5.41) is 0. The smallest absolute Gasteiger partial charge is 0.324 e. The van der Waals surface area contributed by atoms with E-state index in [1.165, 1.54) is 12.3 Å². The number of nitrogens with two attached hydrogens (primary N) is 1. The van der Waals surface area contributed by atoms with Gasteiger partial charge in [-0.15, -0.1) is 0 Å². The lowest BCUT2D eigenvalue weighted by Gasteiger charge is -2.10. The van der Waals surface area contributed by atoms with Gasteiger partial charge in [0.2, 0.25) is 0 Å². The molecule has 0 spiro atoms. The first kappa shape index (κ1) is 11.0. The van der Waals surface area contributed by atoms with Crippen LogP contribution in [0.25, 0.3) is 0 Å². The van der Waals surface area contributed by atoms with Crippen LogP contribution in [-0.2, 0) is 6.18 Å². The molecule has 14 heavy (non-hydrogen) atoms. The van der Waals surface area contributed by atoms with Crippen molar-refractivity contribution >= 4 is 0 Å². The second-order valence-electron chi connectivity index (χ2n) is 2.99. The van der Waals surface area contributed by atoms with Crippen molar-refractivity contribution in [1.29, 1.82) is 0 Å². The van der Waals surface area contributed by atoms with E-state index >= 15 is 0 Å². The van der Waals surface area contributed by atoms with Crippen LogP contribution in [0.2, 0.25) is 0 Å². The molecular weight excluding hydrogens is 193 g/mol. The minimum Gasteiger partial charge on any atom is -0.324 e. The van der Waals surface area contributed by atoms with Gasteiger partial charge in [-0.3, -0.25) is 4.98 Å². The maximum absolute atomic E-state index is 12.1. The van der Waals surface area contributed by atoms with E-state index in [1.54, 1.807) is 0 Å². The molecule has 1 unspecified atom stereocenters. The van der Waals surface area contributed by atoms with Crippen molar-refractivity contribution in [3.8, 4) is 0 Å². The van der Waals surface area contributed by atoms with Crippen LogP contribution in [0.4, 0.5) is 13.2 Å². The van der Waals surface area contributed by atoms with Gasteiger partial charge in [0.05, 0.1) is 0 Å². The number of hydrogen-bond donors (Lipinski definition) is 1. The molecule has 0 aromatic carbocycles. The Labute approximate surface area is 79.9 Å². The van der Waals surface area contributed by atoms with Gasteiger partial charge >= 0.3 is 6.18 Å². The molecule has 1 aromatic heterocycles. The highest BCUT2D eigenvalue weighted by Gasteiger charge is 2.32. The lowest BCUT2D eigenvalue weighted by atomic mass is 10.1. The average Bonchev–Trinajstić information content (AvgIpc) is 2.15. The summed E-state index contributed by atoms with van der Waals surface area (Å²) in [6, 6.07) is 2.07. The van der Waals surface area contributed by atoms with Crippen molar-refractivity contribution in [1.82, 2.24) is 4.98 Å². The fourth-order valence-corrected chi connectivity index (χ4v) is 1.03. The predicted octanol–water partition coefficient (Wildman–Crippen LogP) is 2.51. The molecule has 0 saturated heterocycles. The number of rotatable bonds is 2. The molecule has 1 atom stereocenters. The third-order valence-corrected chi connectivity index (χ3v) is 1.94. The Bertz CT molecular complexity index is 292. The first-order valence-corrected chi connectivity index (χ1v) is 4.24. The van der Waals surface area contributed by atoms with Crippen LogP contribution in [0, 0.1) is 0 Å². The van der Waals surface area contributed by atoms with E-state index in [-0.39, 0.29) is 6.04 Å². The first-order chi connectivity index (χ1) is 6.45. The molecule has 1 aromatic rings. The molecule has 0 amide bonds. The summed E-state index contributed by atoms with van der Waals surface area (Å²) in [6.45, 7) is 1.86. The molecule has 0 fully saturated rings. The summed E-state index contributed by atoms with van der Waals surface area (Å²) >= 11 is 0. The average molecular weight is 204 g/mol. The zero-order valence-electron chi connectivity index (χ0n) is 7.67.